The lowest BCUT2D eigenvalue weighted by atomic mass is 9.32. The second-order valence-corrected chi connectivity index (χ2v) is 27.7. The van der Waals surface area contributed by atoms with E-state index >= 15 is 4.79 Å². The minimum absolute atomic E-state index is 0.0118. The van der Waals surface area contributed by atoms with Crippen molar-refractivity contribution in [1.82, 2.24) is 0 Å². The van der Waals surface area contributed by atoms with E-state index in [9.17, 15) is 4.79 Å². The Labute approximate surface area is 398 Å². The summed E-state index contributed by atoms with van der Waals surface area (Å²) < 4.78 is 18.3. The summed E-state index contributed by atoms with van der Waals surface area (Å²) >= 11 is 0. The highest BCUT2D eigenvalue weighted by Gasteiger charge is 2.73. The molecule has 9 aliphatic rings. The summed E-state index contributed by atoms with van der Waals surface area (Å²) in [5, 5.41) is 0. The van der Waals surface area contributed by atoms with Crippen LogP contribution in [0.25, 0.3) is 0 Å². The molecule has 9 aliphatic carbocycles. The quantitative estimate of drug-likeness (QED) is 0.153. The lowest BCUT2D eigenvalue weighted by molar-refractivity contribution is -0.251. The zero-order chi connectivity index (χ0) is 46.7. The SMILES string of the molecule is C=C(C)[C@@H]1CC[C@]2(C(=O)O[C@@H]3CC[C@@]4(C)C(=CC[C@H]5[C@@H]6CC[C@H]([C@H](C)CCCC(C)C)[C@@]6(C)CC[C@@H]54)C3)CC[C@]3(C)[C@H](CC[C@@H]4[C@@]5(C)CC[C@H](OC(=O)COC)C(C)(C)C5CC[C@]43C)C12. The molecule has 2 unspecified atom stereocenters. The molecule has 0 aromatic heterocycles. The van der Waals surface area contributed by atoms with Gasteiger partial charge in [-0.25, -0.2) is 4.79 Å². The van der Waals surface area contributed by atoms with E-state index in [0.717, 1.165) is 86.9 Å². The summed E-state index contributed by atoms with van der Waals surface area (Å²) in [6.07, 6.45) is 27.9. The van der Waals surface area contributed by atoms with Crippen molar-refractivity contribution in [3.8, 4) is 0 Å². The lowest BCUT2D eigenvalue weighted by Gasteiger charge is -2.72. The molecule has 5 heteroatoms. The van der Waals surface area contributed by atoms with Gasteiger partial charge in [0.05, 0.1) is 5.41 Å². The molecule has 0 heterocycles. The second kappa shape index (κ2) is 17.1. The first-order valence-corrected chi connectivity index (χ1v) is 27.8. The van der Waals surface area contributed by atoms with Crippen LogP contribution in [0.5, 0.6) is 0 Å². The Morgan fingerprint density at radius 1 is 0.723 bits per heavy atom. The van der Waals surface area contributed by atoms with E-state index < -0.39 is 5.41 Å². The number of esters is 2. The van der Waals surface area contributed by atoms with Gasteiger partial charge in [0.2, 0.25) is 0 Å². The maximum absolute atomic E-state index is 15.3. The molecule has 0 aromatic carbocycles. The van der Waals surface area contributed by atoms with Gasteiger partial charge in [-0.2, -0.15) is 0 Å². The van der Waals surface area contributed by atoms with E-state index in [1.54, 1.807) is 12.7 Å². The maximum atomic E-state index is 15.3. The van der Waals surface area contributed by atoms with Gasteiger partial charge in [-0.3, -0.25) is 4.79 Å². The summed E-state index contributed by atoms with van der Waals surface area (Å²) in [6.45, 7) is 32.4. The topological polar surface area (TPSA) is 61.8 Å². The number of carbonyl (C=O) groups excluding carboxylic acids is 2. The first kappa shape index (κ1) is 48.4. The molecule has 0 radical (unpaired) electrons. The van der Waals surface area contributed by atoms with Crippen molar-refractivity contribution >= 4 is 11.9 Å². The molecule has 0 bridgehead atoms. The number of ether oxygens (including phenoxy) is 3. The summed E-state index contributed by atoms with van der Waals surface area (Å²) in [5.41, 5.74) is 3.74. The van der Waals surface area contributed by atoms with Gasteiger partial charge >= 0.3 is 11.9 Å². The number of methoxy groups -OCH3 is 1. The molecule has 0 spiro atoms. The Morgan fingerprint density at radius 2 is 1.46 bits per heavy atom. The van der Waals surface area contributed by atoms with Crippen molar-refractivity contribution in [3.05, 3.63) is 23.8 Å². The van der Waals surface area contributed by atoms with Crippen molar-refractivity contribution in [2.45, 2.75) is 223 Å². The molecule has 0 amide bonds. The van der Waals surface area contributed by atoms with E-state index in [0.29, 0.717) is 35.0 Å². The van der Waals surface area contributed by atoms with Crippen molar-refractivity contribution in [3.63, 3.8) is 0 Å². The van der Waals surface area contributed by atoms with Crippen LogP contribution in [-0.2, 0) is 23.8 Å². The van der Waals surface area contributed by atoms with Gasteiger partial charge in [0.1, 0.15) is 18.8 Å². The maximum Gasteiger partial charge on any atom is 0.332 e. The Hall–Kier alpha value is -1.62. The molecule has 9 rings (SSSR count). The van der Waals surface area contributed by atoms with E-state index in [-0.39, 0.29) is 57.8 Å². The number of rotatable bonds is 11. The molecular weight excluding hydrogens is 801 g/mol. The first-order valence-electron chi connectivity index (χ1n) is 27.8. The van der Waals surface area contributed by atoms with Gasteiger partial charge in [-0.15, -0.1) is 0 Å². The minimum Gasteiger partial charge on any atom is -0.462 e. The molecule has 366 valence electrons. The second-order valence-electron chi connectivity index (χ2n) is 27.7. The highest BCUT2D eigenvalue weighted by Crippen LogP contribution is 2.78. The Balaban J connectivity index is 0.901. The van der Waals surface area contributed by atoms with Crippen LogP contribution in [0.1, 0.15) is 211 Å². The molecule has 0 aliphatic heterocycles. The van der Waals surface area contributed by atoms with Crippen molar-refractivity contribution in [2.75, 3.05) is 13.7 Å². The van der Waals surface area contributed by atoms with Crippen LogP contribution in [0.3, 0.4) is 0 Å². The predicted octanol–water partition coefficient (Wildman–Crippen LogP) is 15.2. The van der Waals surface area contributed by atoms with Crippen molar-refractivity contribution in [2.24, 2.45) is 103 Å². The Bertz CT molecular complexity index is 1860. The van der Waals surface area contributed by atoms with Gasteiger partial charge in [-0.05, 0) is 208 Å². The van der Waals surface area contributed by atoms with Crippen LogP contribution >= 0.6 is 0 Å². The van der Waals surface area contributed by atoms with Gasteiger partial charge in [0, 0.05) is 18.9 Å². The highest BCUT2D eigenvalue weighted by molar-refractivity contribution is 5.78. The summed E-state index contributed by atoms with van der Waals surface area (Å²) in [5.74, 6) is 7.28. The third-order valence-electron chi connectivity index (χ3n) is 24.5. The van der Waals surface area contributed by atoms with Crippen LogP contribution in [-0.4, -0.2) is 37.9 Å². The molecule has 8 saturated carbocycles. The minimum atomic E-state index is -0.393. The Morgan fingerprint density at radius 3 is 2.18 bits per heavy atom. The fourth-order valence-corrected chi connectivity index (χ4v) is 21.0. The summed E-state index contributed by atoms with van der Waals surface area (Å²) in [4.78, 5) is 28.0. The normalized spacial score (nSPS) is 48.8. The fraction of sp³-hybridized carbons (Fsp3) is 0.900. The van der Waals surface area contributed by atoms with E-state index in [1.807, 2.05) is 0 Å². The largest absolute Gasteiger partial charge is 0.462 e. The lowest BCUT2D eigenvalue weighted by Crippen LogP contribution is -2.67. The number of hydrogen-bond acceptors (Lipinski definition) is 5. The van der Waals surface area contributed by atoms with Crippen LogP contribution in [0.4, 0.5) is 0 Å². The fourth-order valence-electron chi connectivity index (χ4n) is 21.0. The summed E-state index contributed by atoms with van der Waals surface area (Å²) in [7, 11) is 1.57. The van der Waals surface area contributed by atoms with E-state index in [1.165, 1.54) is 89.0 Å². The van der Waals surface area contributed by atoms with Crippen LogP contribution < -0.4 is 0 Å². The third kappa shape index (κ3) is 7.31. The average molecular weight is 897 g/mol. The van der Waals surface area contributed by atoms with Crippen LogP contribution in [0.2, 0.25) is 0 Å². The van der Waals surface area contributed by atoms with Crippen molar-refractivity contribution < 1.29 is 23.8 Å². The molecule has 0 saturated heterocycles. The monoisotopic (exact) mass is 897 g/mol. The third-order valence-corrected chi connectivity index (χ3v) is 24.5. The van der Waals surface area contributed by atoms with E-state index in [4.69, 9.17) is 14.2 Å². The number of carbonyl (C=O) groups is 2. The zero-order valence-corrected chi connectivity index (χ0v) is 43.9. The molecule has 0 N–H and O–H groups in total. The first-order chi connectivity index (χ1) is 30.6. The standard InChI is InChI=1S/C60H96O5/c1-37(2)15-14-16-39(5)44-19-20-45-43-18-17-40-35-41(23-28-55(40,8)46(43)25-29-56(44,45)9)64-53(62)60-32-24-42(38(3)4)52(60)47-21-22-49-57(10)30-27-50(65-51(61)36-63-13)54(6,7)48(57)26-31-59(49,12)58(47,11)33-34-60/h17,37,39,41-50,52H,3,14-16,18-36H2,1-2,4-13H3/t39-,41-,42+,43+,44-,45+,46+,47-,48?,49-,50+,52?,55+,56-,57+,58-,59-,60+/m1/s1. The summed E-state index contributed by atoms with van der Waals surface area (Å²) in [6, 6.07) is 0. The molecule has 5 nitrogen and oxygen atoms in total. The number of fused-ring (bicyclic) bond motifs is 12. The van der Waals surface area contributed by atoms with E-state index in [2.05, 4.69) is 88.8 Å². The van der Waals surface area contributed by atoms with Gasteiger partial charge in [0.15, 0.2) is 0 Å². The molecule has 65 heavy (non-hydrogen) atoms. The smallest absolute Gasteiger partial charge is 0.332 e. The zero-order valence-electron chi connectivity index (χ0n) is 43.9. The molecule has 0 aromatic rings. The van der Waals surface area contributed by atoms with Gasteiger partial charge in [-0.1, -0.05) is 112 Å². The molecular formula is C60H96O5. The van der Waals surface area contributed by atoms with Crippen LogP contribution in [0.15, 0.2) is 23.8 Å². The van der Waals surface area contributed by atoms with Gasteiger partial charge in [0.25, 0.3) is 0 Å². The van der Waals surface area contributed by atoms with Crippen molar-refractivity contribution in [1.29, 1.82) is 0 Å². The highest BCUT2D eigenvalue weighted by atomic mass is 16.6. The Kier molecular flexibility index (Phi) is 12.7. The molecule has 18 atom stereocenters. The molecule has 8 fully saturated rings. The average Bonchev–Trinajstić information content (AvgIpc) is 3.82. The van der Waals surface area contributed by atoms with Crippen LogP contribution in [0, 0.1) is 103 Å². The predicted molar refractivity (Wildman–Crippen MR) is 264 cm³/mol. The van der Waals surface area contributed by atoms with Gasteiger partial charge < -0.3 is 14.2 Å². The number of allylic oxidation sites excluding steroid dienone is 2. The number of hydrogen-bond donors (Lipinski definition) is 0.